The molecule has 0 spiro atoms. The van der Waals surface area contributed by atoms with E-state index in [1.54, 1.807) is 11.3 Å². The van der Waals surface area contributed by atoms with Crippen molar-refractivity contribution in [3.63, 3.8) is 0 Å². The van der Waals surface area contributed by atoms with E-state index in [0.717, 1.165) is 22.5 Å². The van der Waals surface area contributed by atoms with Crippen LogP contribution in [0.5, 0.6) is 0 Å². The van der Waals surface area contributed by atoms with Crippen molar-refractivity contribution < 1.29 is 0 Å². The monoisotopic (exact) mass is 220 g/mol. The molecule has 0 N–H and O–H groups in total. The highest BCUT2D eigenvalue weighted by molar-refractivity contribution is 7.16. The quantitative estimate of drug-likeness (QED) is 0.734. The lowest BCUT2D eigenvalue weighted by Crippen LogP contribution is -2.13. The Morgan fingerprint density at radius 2 is 2.07 bits per heavy atom. The van der Waals surface area contributed by atoms with E-state index in [4.69, 9.17) is 0 Å². The molecule has 0 bridgehead atoms. The van der Waals surface area contributed by atoms with Gasteiger partial charge in [0.1, 0.15) is 10.3 Å². The van der Waals surface area contributed by atoms with Gasteiger partial charge in [-0.15, -0.1) is 11.3 Å². The third-order valence-corrected chi connectivity index (χ3v) is 3.25. The first-order valence-electron chi connectivity index (χ1n) is 5.26. The predicted molar refractivity (Wildman–Crippen MR) is 65.5 cm³/mol. The van der Waals surface area contributed by atoms with E-state index in [1.807, 2.05) is 5.51 Å². The summed E-state index contributed by atoms with van der Waals surface area (Å²) >= 11 is 1.62. The molecule has 3 heteroatoms. The van der Waals surface area contributed by atoms with E-state index in [9.17, 15) is 0 Å². The lowest BCUT2D eigenvalue weighted by molar-refractivity contribution is 0.571. The maximum absolute atomic E-state index is 4.67. The Bertz CT molecular complexity index is 480. The van der Waals surface area contributed by atoms with E-state index in [1.165, 1.54) is 5.56 Å². The molecular weight excluding hydrogens is 204 g/mol. The van der Waals surface area contributed by atoms with Crippen molar-refractivity contribution in [2.75, 3.05) is 0 Å². The topological polar surface area (TPSA) is 25.8 Å². The van der Waals surface area contributed by atoms with Gasteiger partial charge in [0.15, 0.2) is 0 Å². The largest absolute Gasteiger partial charge is 0.243 e. The Morgan fingerprint density at radius 3 is 2.67 bits per heavy atom. The van der Waals surface area contributed by atoms with Crippen molar-refractivity contribution in [2.24, 2.45) is 0 Å². The van der Waals surface area contributed by atoms with Gasteiger partial charge in [-0.2, -0.15) is 0 Å². The van der Waals surface area contributed by atoms with Crippen molar-refractivity contribution in [1.29, 1.82) is 0 Å². The van der Waals surface area contributed by atoms with Gasteiger partial charge in [-0.05, 0) is 18.1 Å². The van der Waals surface area contributed by atoms with E-state index in [2.05, 4.69) is 43.7 Å². The molecule has 0 saturated heterocycles. The summed E-state index contributed by atoms with van der Waals surface area (Å²) in [5.41, 5.74) is 5.54. The number of thiazole rings is 1. The predicted octanol–water partition coefficient (Wildman–Crippen LogP) is 3.55. The normalized spacial score (nSPS) is 12.3. The van der Waals surface area contributed by atoms with Crippen LogP contribution < -0.4 is 0 Å². The molecule has 2 aromatic heterocycles. The van der Waals surface area contributed by atoms with Crippen LogP contribution in [-0.2, 0) is 11.8 Å². The number of aromatic nitrogens is 2. The number of aryl methyl sites for hydroxylation is 1. The first-order valence-corrected chi connectivity index (χ1v) is 6.14. The Kier molecular flexibility index (Phi) is 2.51. The zero-order chi connectivity index (χ0) is 11.1. The number of pyridine rings is 1. The molecule has 0 atom stereocenters. The summed E-state index contributed by atoms with van der Waals surface area (Å²) in [5.74, 6) is 0. The van der Waals surface area contributed by atoms with Crippen LogP contribution in [0, 0.1) is 0 Å². The summed E-state index contributed by atoms with van der Waals surface area (Å²) in [7, 11) is 0. The summed E-state index contributed by atoms with van der Waals surface area (Å²) < 4.78 is 0. The van der Waals surface area contributed by atoms with Crippen molar-refractivity contribution in [1.82, 2.24) is 9.97 Å². The molecule has 0 aliphatic carbocycles. The molecule has 0 unspecified atom stereocenters. The average Bonchev–Trinajstić information content (AvgIpc) is 2.62. The zero-order valence-electron chi connectivity index (χ0n) is 9.66. The Balaban J connectivity index is 2.69. The maximum atomic E-state index is 4.67. The lowest BCUT2D eigenvalue weighted by atomic mass is 9.90. The molecular formula is C12H16N2S. The van der Waals surface area contributed by atoms with Gasteiger partial charge < -0.3 is 0 Å². The van der Waals surface area contributed by atoms with Gasteiger partial charge in [0.2, 0.25) is 0 Å². The molecule has 2 nitrogen and oxygen atoms in total. The van der Waals surface area contributed by atoms with Crippen LogP contribution >= 0.6 is 11.3 Å². The van der Waals surface area contributed by atoms with E-state index >= 15 is 0 Å². The van der Waals surface area contributed by atoms with Gasteiger partial charge in [-0.25, -0.2) is 9.97 Å². The van der Waals surface area contributed by atoms with Gasteiger partial charge >= 0.3 is 0 Å². The first kappa shape index (κ1) is 10.6. The Hall–Kier alpha value is -0.960. The molecule has 80 valence electrons. The molecule has 0 aliphatic heterocycles. The van der Waals surface area contributed by atoms with Crippen molar-refractivity contribution in [2.45, 2.75) is 39.5 Å². The summed E-state index contributed by atoms with van der Waals surface area (Å²) in [6, 6.07) is 2.20. The van der Waals surface area contributed by atoms with Crippen molar-refractivity contribution in [3.8, 4) is 0 Å². The van der Waals surface area contributed by atoms with Crippen LogP contribution in [0.1, 0.15) is 39.0 Å². The number of hydrogen-bond donors (Lipinski definition) is 0. The van der Waals surface area contributed by atoms with Crippen LogP contribution in [0.15, 0.2) is 11.6 Å². The second kappa shape index (κ2) is 3.56. The molecule has 2 heterocycles. The fourth-order valence-corrected chi connectivity index (χ4v) is 2.27. The van der Waals surface area contributed by atoms with Gasteiger partial charge in [-0.3, -0.25) is 0 Å². The molecule has 2 aromatic rings. The van der Waals surface area contributed by atoms with E-state index in [-0.39, 0.29) is 5.41 Å². The Labute approximate surface area is 94.4 Å². The van der Waals surface area contributed by atoms with Crippen LogP contribution in [0.25, 0.3) is 10.3 Å². The number of hydrogen-bond acceptors (Lipinski definition) is 3. The minimum atomic E-state index is 0.113. The maximum Gasteiger partial charge on any atom is 0.143 e. The van der Waals surface area contributed by atoms with Crippen molar-refractivity contribution >= 4 is 21.7 Å². The minimum absolute atomic E-state index is 0.113. The standard InChI is InChI=1S/C12H16N2S/c1-5-8-6-9(12(2,3)4)14-11-10(8)13-7-15-11/h6-7H,5H2,1-4H3. The molecule has 0 aromatic carbocycles. The molecule has 0 aliphatic rings. The van der Waals surface area contributed by atoms with Gasteiger partial charge in [0, 0.05) is 11.1 Å². The van der Waals surface area contributed by atoms with E-state index < -0.39 is 0 Å². The minimum Gasteiger partial charge on any atom is -0.243 e. The average molecular weight is 220 g/mol. The van der Waals surface area contributed by atoms with Crippen LogP contribution in [0.4, 0.5) is 0 Å². The lowest BCUT2D eigenvalue weighted by Gasteiger charge is -2.18. The molecule has 0 radical (unpaired) electrons. The summed E-state index contributed by atoms with van der Waals surface area (Å²) in [6.45, 7) is 8.76. The summed E-state index contributed by atoms with van der Waals surface area (Å²) in [4.78, 5) is 10.1. The van der Waals surface area contributed by atoms with E-state index in [0.29, 0.717) is 0 Å². The van der Waals surface area contributed by atoms with Crippen molar-refractivity contribution in [3.05, 3.63) is 22.8 Å². The third-order valence-electron chi connectivity index (χ3n) is 2.54. The summed E-state index contributed by atoms with van der Waals surface area (Å²) in [5, 5.41) is 0. The highest BCUT2D eigenvalue weighted by atomic mass is 32.1. The highest BCUT2D eigenvalue weighted by Gasteiger charge is 2.18. The van der Waals surface area contributed by atoms with Crippen LogP contribution in [-0.4, -0.2) is 9.97 Å². The number of fused-ring (bicyclic) bond motifs is 1. The molecule has 0 amide bonds. The Morgan fingerprint density at radius 1 is 1.33 bits per heavy atom. The van der Waals surface area contributed by atoms with Crippen LogP contribution in [0.2, 0.25) is 0 Å². The second-order valence-corrected chi connectivity index (χ2v) is 5.61. The number of nitrogens with zero attached hydrogens (tertiary/aromatic N) is 2. The smallest absolute Gasteiger partial charge is 0.143 e. The third kappa shape index (κ3) is 1.88. The van der Waals surface area contributed by atoms with Gasteiger partial charge in [-0.1, -0.05) is 27.7 Å². The molecule has 0 saturated carbocycles. The molecule has 0 fully saturated rings. The van der Waals surface area contributed by atoms with Gasteiger partial charge in [0.25, 0.3) is 0 Å². The summed E-state index contributed by atoms with van der Waals surface area (Å²) in [6.07, 6.45) is 1.02. The number of rotatable bonds is 1. The molecule has 2 rings (SSSR count). The fraction of sp³-hybridized carbons (Fsp3) is 0.500. The highest BCUT2D eigenvalue weighted by Crippen LogP contribution is 2.27. The second-order valence-electron chi connectivity index (χ2n) is 4.78. The first-order chi connectivity index (χ1) is 7.02. The molecule has 15 heavy (non-hydrogen) atoms. The fourth-order valence-electron chi connectivity index (χ4n) is 1.57. The van der Waals surface area contributed by atoms with Gasteiger partial charge in [0.05, 0.1) is 5.51 Å². The SMILES string of the molecule is CCc1cc(C(C)(C)C)nc2scnc12. The van der Waals surface area contributed by atoms with Crippen LogP contribution in [0.3, 0.4) is 0 Å². The zero-order valence-corrected chi connectivity index (χ0v) is 10.5.